The third-order valence-corrected chi connectivity index (χ3v) is 19.9. The Labute approximate surface area is 629 Å². The second-order valence-corrected chi connectivity index (χ2v) is 28.3. The van der Waals surface area contributed by atoms with Gasteiger partial charge in [0.25, 0.3) is 17.7 Å². The second-order valence-electron chi connectivity index (χ2n) is 24.7. The van der Waals surface area contributed by atoms with Gasteiger partial charge in [-0.3, -0.25) is 28.8 Å². The molecule has 0 saturated heterocycles. The van der Waals surface area contributed by atoms with Gasteiger partial charge < -0.3 is 63.5 Å². The zero-order chi connectivity index (χ0) is 74.0. The van der Waals surface area contributed by atoms with Crippen LogP contribution in [0.5, 0.6) is 17.2 Å². The molecule has 3 aliphatic heterocycles. The van der Waals surface area contributed by atoms with Crippen LogP contribution in [-0.2, 0) is 83.5 Å². The van der Waals surface area contributed by atoms with Crippen LogP contribution in [0.1, 0.15) is 103 Å². The van der Waals surface area contributed by atoms with Crippen LogP contribution in [0.15, 0.2) is 173 Å². The molecule has 103 heavy (non-hydrogen) atoms. The van der Waals surface area contributed by atoms with Crippen LogP contribution in [0.3, 0.4) is 0 Å². The first kappa shape index (κ1) is 76.9. The minimum atomic E-state index is -0.702. The van der Waals surface area contributed by atoms with Gasteiger partial charge in [0.15, 0.2) is 34.3 Å². The molecular weight excluding hydrogens is 1600 g/mol. The van der Waals surface area contributed by atoms with E-state index in [4.69, 9.17) is 59.5 Å². The monoisotopic (exact) mass is 1660 g/mol. The molecule has 9 aromatic rings. The third kappa shape index (κ3) is 18.3. The number of nitrogens with zero attached hydrogens (tertiary/aromatic N) is 6. The molecular formula is C74H67Br3Cl3F3N8O12. The van der Waals surface area contributed by atoms with Crippen LogP contribution in [-0.4, -0.2) is 82.6 Å². The smallest absolute Gasteiger partial charge is 0.407 e. The van der Waals surface area contributed by atoms with Gasteiger partial charge in [-0.15, -0.1) is 0 Å². The van der Waals surface area contributed by atoms with E-state index in [1.807, 2.05) is 91.0 Å². The molecule has 0 fully saturated rings. The number of pyridine rings is 3. The van der Waals surface area contributed by atoms with Gasteiger partial charge in [0.1, 0.15) is 42.9 Å². The Morgan fingerprint density at radius 3 is 1.10 bits per heavy atom. The molecule has 538 valence electrons. The van der Waals surface area contributed by atoms with Gasteiger partial charge in [0.05, 0.1) is 58.7 Å². The number of nitrogens with one attached hydrogen (secondary N) is 1. The molecule has 3 aromatic heterocycles. The van der Waals surface area contributed by atoms with Crippen molar-refractivity contribution in [1.29, 1.82) is 0 Å². The summed E-state index contributed by atoms with van der Waals surface area (Å²) in [6.07, 6.45) is -0.655. The van der Waals surface area contributed by atoms with Crippen LogP contribution >= 0.6 is 82.6 Å². The molecule has 0 atom stereocenters. The summed E-state index contributed by atoms with van der Waals surface area (Å²) in [5, 5.41) is 12.4. The van der Waals surface area contributed by atoms with Crippen molar-refractivity contribution in [2.24, 2.45) is 5.73 Å². The van der Waals surface area contributed by atoms with Crippen LogP contribution in [0.4, 0.5) is 18.0 Å². The molecule has 20 nitrogen and oxygen atoms in total. The Hall–Kier alpha value is -8.73. The molecule has 4 N–H and O–H groups in total. The number of fused-ring (bicyclic) bond motifs is 3. The minimum Gasteiger partial charge on any atom is -0.483 e. The maximum Gasteiger partial charge on any atom is 0.407 e. The maximum absolute atomic E-state index is 13.8. The predicted octanol–water partition coefficient (Wildman–Crippen LogP) is 13.9. The van der Waals surface area contributed by atoms with E-state index in [9.17, 15) is 51.8 Å². The lowest BCUT2D eigenvalue weighted by Gasteiger charge is -2.33. The van der Waals surface area contributed by atoms with E-state index < -0.39 is 63.9 Å². The fourth-order valence-corrected chi connectivity index (χ4v) is 13.8. The molecule has 29 heteroatoms. The molecule has 12 rings (SSSR count). The number of aromatic nitrogens is 3. The van der Waals surface area contributed by atoms with Crippen molar-refractivity contribution in [2.75, 3.05) is 19.6 Å². The van der Waals surface area contributed by atoms with Gasteiger partial charge >= 0.3 is 6.09 Å². The number of benzene rings is 6. The van der Waals surface area contributed by atoms with E-state index in [-0.39, 0.29) is 117 Å². The lowest BCUT2D eigenvalue weighted by atomic mass is 10.1. The van der Waals surface area contributed by atoms with Gasteiger partial charge in [-0.2, -0.15) is 0 Å². The van der Waals surface area contributed by atoms with Crippen molar-refractivity contribution in [2.45, 2.75) is 105 Å². The summed E-state index contributed by atoms with van der Waals surface area (Å²) in [6.45, 7) is 7.87. The quantitative estimate of drug-likeness (QED) is 0.0683. The van der Waals surface area contributed by atoms with Crippen molar-refractivity contribution in [3.63, 3.8) is 0 Å². The molecule has 0 saturated carbocycles. The number of rotatable bonds is 19. The van der Waals surface area contributed by atoms with Gasteiger partial charge in [0, 0.05) is 65.4 Å². The van der Waals surface area contributed by atoms with Crippen LogP contribution in [0.2, 0.25) is 15.1 Å². The Bertz CT molecular complexity index is 4690. The zero-order valence-corrected chi connectivity index (χ0v) is 62.6. The standard InChI is InChI=1S/C28H28BrClFN3O5.C23H20BrClFN3O3.C23H19BrClFN2O4/c1-28(2,3)39-27(37)32-14-21-22(29)24(35)25(38-16-17-7-5-4-6-8-17)23-26(36)33(11-12-34(21)23)15-18-9-10-20(31)19(30)13-18;24-19-18(11-27)29-9-8-28(12-15-6-7-17(26)16(25)10-15)23(31)20(29)22(21(19)30)32-13-14-4-2-1-3-5-14;24-19-18(12-29)28-9-8-27(11-15-6-7-17(26)16(25)10-15)23(31)20(28)22(21(19)30)32-13-14-4-2-1-3-5-14/h4-10,13H,11-12,14-16H2,1-3H3,(H,32,37);1-7,10H,8-9,11-13,27H2;1-7,10,29H,8-9,11-13H2. The summed E-state index contributed by atoms with van der Waals surface area (Å²) in [5.41, 5.74) is 9.83. The predicted molar refractivity (Wildman–Crippen MR) is 393 cm³/mol. The Balaban J connectivity index is 0.000000167. The highest BCUT2D eigenvalue weighted by Gasteiger charge is 2.37. The topological polar surface area (TPSA) is 239 Å². The van der Waals surface area contributed by atoms with Crippen molar-refractivity contribution < 1.29 is 56.4 Å². The number of ether oxygens (including phenoxy) is 4. The Morgan fingerprint density at radius 2 is 0.786 bits per heavy atom. The maximum atomic E-state index is 13.8. The Morgan fingerprint density at radius 1 is 0.476 bits per heavy atom. The third-order valence-electron chi connectivity index (χ3n) is 16.6. The van der Waals surface area contributed by atoms with E-state index in [0.29, 0.717) is 77.5 Å². The van der Waals surface area contributed by atoms with E-state index >= 15 is 0 Å². The van der Waals surface area contributed by atoms with Crippen LogP contribution in [0.25, 0.3) is 0 Å². The zero-order valence-electron chi connectivity index (χ0n) is 55.6. The van der Waals surface area contributed by atoms with Crippen LogP contribution < -0.4 is 41.5 Å². The van der Waals surface area contributed by atoms with E-state index in [2.05, 4.69) is 53.1 Å². The first-order valence-corrected chi connectivity index (χ1v) is 35.6. The number of halogens is 9. The summed E-state index contributed by atoms with van der Waals surface area (Å²) in [5.74, 6) is -3.03. The number of nitrogens with two attached hydrogens (primary N) is 1. The number of amides is 4. The summed E-state index contributed by atoms with van der Waals surface area (Å²) in [4.78, 5) is 97.2. The average Bonchev–Trinajstić information content (AvgIpc) is 0.764. The SMILES string of the molecule is CC(C)(C)OC(=O)NCc1c(Br)c(=O)c(OCc2ccccc2)c2n1CCN(Cc1ccc(F)c(Cl)c1)C2=O.NCc1c(Br)c(=O)c(OCc2ccccc2)c2n1CCN(Cc1ccc(F)c(Cl)c1)C2=O.O=C1c2c(OCc3ccccc3)c(=O)c(Br)c(CO)n2CCN1Cc1ccc(F)c(Cl)c1. The number of aliphatic hydroxyl groups excluding tert-OH is 1. The second kappa shape index (κ2) is 34.2. The summed E-state index contributed by atoms with van der Waals surface area (Å²) in [6, 6.07) is 40.8. The summed E-state index contributed by atoms with van der Waals surface area (Å²) >= 11 is 27.7. The first-order chi connectivity index (χ1) is 49.2. The fraction of sp³-hybridized carbons (Fsp3) is 0.257. The number of carbonyl (C=O) groups is 4. The molecule has 0 aliphatic carbocycles. The van der Waals surface area contributed by atoms with Gasteiger partial charge in [-0.1, -0.05) is 144 Å². The van der Waals surface area contributed by atoms with Crippen molar-refractivity contribution in [3.8, 4) is 17.2 Å². The number of hydrogen-bond donors (Lipinski definition) is 3. The number of hydrogen-bond acceptors (Lipinski definition) is 13. The Kier molecular flexibility index (Phi) is 25.6. The molecule has 3 aliphatic rings. The van der Waals surface area contributed by atoms with Gasteiger partial charge in [-0.25, -0.2) is 18.0 Å². The number of carbonyl (C=O) groups excluding carboxylic acids is 4. The average molecular weight is 1660 g/mol. The largest absolute Gasteiger partial charge is 0.483 e. The van der Waals surface area contributed by atoms with Gasteiger partial charge in [0.2, 0.25) is 16.3 Å². The highest BCUT2D eigenvalue weighted by molar-refractivity contribution is 9.11. The van der Waals surface area contributed by atoms with Crippen LogP contribution in [0, 0.1) is 17.5 Å². The lowest BCUT2D eigenvalue weighted by molar-refractivity contribution is 0.0520. The molecule has 0 spiro atoms. The molecule has 0 unspecified atom stereocenters. The lowest BCUT2D eigenvalue weighted by Crippen LogP contribution is -2.43. The number of alkyl carbamates (subject to hydrolysis) is 1. The van der Waals surface area contributed by atoms with E-state index in [0.717, 1.165) is 16.7 Å². The molecule has 4 amide bonds. The first-order valence-electron chi connectivity index (χ1n) is 32.1. The van der Waals surface area contributed by atoms with Crippen molar-refractivity contribution >= 4 is 106 Å². The molecule has 6 heterocycles. The molecule has 6 aromatic carbocycles. The minimum absolute atomic E-state index is 0.00944. The van der Waals surface area contributed by atoms with Gasteiger partial charge in [-0.05, 0) is 138 Å². The van der Waals surface area contributed by atoms with E-state index in [1.54, 1.807) is 67.4 Å². The summed E-state index contributed by atoms with van der Waals surface area (Å²) < 4.78 is 69.3. The highest BCUT2D eigenvalue weighted by atomic mass is 79.9. The van der Waals surface area contributed by atoms with Crippen molar-refractivity contribution in [3.05, 3.63) is 290 Å². The fourth-order valence-electron chi connectivity index (χ4n) is 11.6. The highest BCUT2D eigenvalue weighted by Crippen LogP contribution is 2.34. The number of aliphatic hydroxyl groups is 1. The molecule has 0 bridgehead atoms. The summed E-state index contributed by atoms with van der Waals surface area (Å²) in [7, 11) is 0. The normalized spacial score (nSPS) is 13.2. The molecule has 0 radical (unpaired) electrons. The van der Waals surface area contributed by atoms with E-state index in [1.165, 1.54) is 36.4 Å². The van der Waals surface area contributed by atoms with Crippen molar-refractivity contribution in [1.82, 2.24) is 33.7 Å².